The van der Waals surface area contributed by atoms with Crippen molar-refractivity contribution in [3.05, 3.63) is 34.9 Å². The third-order valence-electron chi connectivity index (χ3n) is 6.54. The molecule has 0 bridgehead atoms. The lowest BCUT2D eigenvalue weighted by molar-refractivity contribution is -0.143. The van der Waals surface area contributed by atoms with E-state index in [1.165, 1.54) is 5.56 Å². The first-order valence-electron chi connectivity index (χ1n) is 11.2. The number of carbonyl (C=O) groups is 1. The van der Waals surface area contributed by atoms with Crippen molar-refractivity contribution in [3.8, 4) is 0 Å². The van der Waals surface area contributed by atoms with Gasteiger partial charge in [0.2, 0.25) is 0 Å². The Hall–Kier alpha value is -1.51. The second kappa shape index (κ2) is 10.2. The minimum Gasteiger partial charge on any atom is -0.481 e. The SMILES string of the molecule is NC(CCc1ccc(C2OCCO2)c(C2OCCO2)c1)CC1CCC(C(=O)O)CC1. The molecule has 1 aromatic carbocycles. The summed E-state index contributed by atoms with van der Waals surface area (Å²) in [4.78, 5) is 11.1. The van der Waals surface area contributed by atoms with E-state index >= 15 is 0 Å². The highest BCUT2D eigenvalue weighted by Gasteiger charge is 2.29. The van der Waals surface area contributed by atoms with Gasteiger partial charge in [-0.2, -0.15) is 0 Å². The quantitative estimate of drug-likeness (QED) is 0.667. The number of nitrogens with two attached hydrogens (primary N) is 1. The highest BCUT2D eigenvalue weighted by atomic mass is 16.7. The highest BCUT2D eigenvalue weighted by Crippen LogP contribution is 2.35. The largest absolute Gasteiger partial charge is 0.481 e. The van der Waals surface area contributed by atoms with E-state index in [1.807, 2.05) is 0 Å². The van der Waals surface area contributed by atoms with Crippen molar-refractivity contribution < 1.29 is 28.8 Å². The van der Waals surface area contributed by atoms with E-state index in [9.17, 15) is 4.79 Å². The summed E-state index contributed by atoms with van der Waals surface area (Å²) < 4.78 is 22.9. The minimum atomic E-state index is -0.652. The van der Waals surface area contributed by atoms with Crippen LogP contribution < -0.4 is 5.73 Å². The smallest absolute Gasteiger partial charge is 0.306 e. The summed E-state index contributed by atoms with van der Waals surface area (Å²) in [6.07, 6.45) is 5.54. The first kappa shape index (κ1) is 21.7. The Morgan fingerprint density at radius 1 is 0.967 bits per heavy atom. The molecule has 0 radical (unpaired) electrons. The van der Waals surface area contributed by atoms with Gasteiger partial charge in [0.1, 0.15) is 0 Å². The van der Waals surface area contributed by atoms with Gasteiger partial charge in [0, 0.05) is 17.2 Å². The first-order chi connectivity index (χ1) is 14.6. The van der Waals surface area contributed by atoms with Crippen LogP contribution in [-0.2, 0) is 30.2 Å². The summed E-state index contributed by atoms with van der Waals surface area (Å²) >= 11 is 0. The molecule has 0 spiro atoms. The lowest BCUT2D eigenvalue weighted by Gasteiger charge is -2.28. The van der Waals surface area contributed by atoms with Crippen LogP contribution >= 0.6 is 0 Å². The average Bonchev–Trinajstić information content (AvgIpc) is 3.47. The predicted molar refractivity (Wildman–Crippen MR) is 110 cm³/mol. The number of aliphatic carboxylic acids is 1. The molecule has 1 aromatic rings. The molecule has 3 aliphatic rings. The maximum atomic E-state index is 11.1. The number of benzene rings is 1. The lowest BCUT2D eigenvalue weighted by Crippen LogP contribution is -2.28. The molecule has 7 heteroatoms. The fourth-order valence-corrected chi connectivity index (χ4v) is 4.82. The first-order valence-corrected chi connectivity index (χ1v) is 11.2. The zero-order valence-corrected chi connectivity index (χ0v) is 17.5. The third-order valence-corrected chi connectivity index (χ3v) is 6.54. The minimum absolute atomic E-state index is 0.125. The summed E-state index contributed by atoms with van der Waals surface area (Å²) in [6, 6.07) is 6.44. The van der Waals surface area contributed by atoms with Gasteiger partial charge in [-0.15, -0.1) is 0 Å². The van der Waals surface area contributed by atoms with Crippen LogP contribution in [0.3, 0.4) is 0 Å². The molecule has 2 saturated heterocycles. The molecule has 7 nitrogen and oxygen atoms in total. The highest BCUT2D eigenvalue weighted by molar-refractivity contribution is 5.69. The van der Waals surface area contributed by atoms with Gasteiger partial charge in [-0.25, -0.2) is 0 Å². The van der Waals surface area contributed by atoms with E-state index in [0.29, 0.717) is 32.3 Å². The molecule has 1 unspecified atom stereocenters. The van der Waals surface area contributed by atoms with Crippen LogP contribution in [0, 0.1) is 11.8 Å². The van der Waals surface area contributed by atoms with Crippen molar-refractivity contribution in [2.75, 3.05) is 26.4 Å². The van der Waals surface area contributed by atoms with Gasteiger partial charge in [-0.1, -0.05) is 18.2 Å². The topological polar surface area (TPSA) is 100 Å². The van der Waals surface area contributed by atoms with E-state index in [2.05, 4.69) is 18.2 Å². The molecule has 3 fully saturated rings. The number of aryl methyl sites for hydroxylation is 1. The van der Waals surface area contributed by atoms with Crippen molar-refractivity contribution in [1.29, 1.82) is 0 Å². The molecule has 30 heavy (non-hydrogen) atoms. The Morgan fingerprint density at radius 3 is 2.17 bits per heavy atom. The predicted octanol–water partition coefficient (Wildman–Crippen LogP) is 3.32. The number of carboxylic acids is 1. The van der Waals surface area contributed by atoms with E-state index in [4.69, 9.17) is 29.8 Å². The molecule has 1 atom stereocenters. The van der Waals surface area contributed by atoms with Crippen molar-refractivity contribution in [2.24, 2.45) is 17.6 Å². The molecular formula is C23H33NO6. The van der Waals surface area contributed by atoms with Crippen LogP contribution in [-0.4, -0.2) is 43.5 Å². The molecule has 1 aliphatic carbocycles. The Balaban J connectivity index is 1.32. The number of hydrogen-bond acceptors (Lipinski definition) is 6. The zero-order chi connectivity index (χ0) is 20.9. The number of ether oxygens (including phenoxy) is 4. The van der Waals surface area contributed by atoms with E-state index in [0.717, 1.165) is 56.1 Å². The molecule has 2 aliphatic heterocycles. The van der Waals surface area contributed by atoms with Crippen molar-refractivity contribution in [2.45, 2.75) is 63.6 Å². The maximum absolute atomic E-state index is 11.1. The van der Waals surface area contributed by atoms with Crippen molar-refractivity contribution >= 4 is 5.97 Å². The van der Waals surface area contributed by atoms with Gasteiger partial charge in [0.25, 0.3) is 0 Å². The number of carboxylic acid groups (broad SMARTS) is 1. The lowest BCUT2D eigenvalue weighted by atomic mass is 9.79. The van der Waals surface area contributed by atoms with Crippen LogP contribution in [0.2, 0.25) is 0 Å². The summed E-state index contributed by atoms with van der Waals surface area (Å²) in [5, 5.41) is 9.15. The summed E-state index contributed by atoms with van der Waals surface area (Å²) in [6.45, 7) is 2.38. The molecule has 3 N–H and O–H groups in total. The molecule has 0 aromatic heterocycles. The Kier molecular flexibility index (Phi) is 7.38. The number of rotatable bonds is 8. The van der Waals surface area contributed by atoms with Gasteiger partial charge >= 0.3 is 5.97 Å². The Labute approximate surface area is 177 Å². The van der Waals surface area contributed by atoms with Gasteiger partial charge < -0.3 is 29.8 Å². The Morgan fingerprint density at radius 2 is 1.57 bits per heavy atom. The second-order valence-corrected chi connectivity index (χ2v) is 8.70. The molecule has 0 amide bonds. The third kappa shape index (κ3) is 5.39. The summed E-state index contributed by atoms with van der Waals surface area (Å²) in [7, 11) is 0. The summed E-state index contributed by atoms with van der Waals surface area (Å²) in [5.74, 6) is -0.270. The van der Waals surface area contributed by atoms with Crippen LogP contribution in [0.25, 0.3) is 0 Å². The second-order valence-electron chi connectivity index (χ2n) is 8.70. The van der Waals surface area contributed by atoms with Gasteiger partial charge in [-0.3, -0.25) is 4.79 Å². The normalized spacial score (nSPS) is 26.8. The van der Waals surface area contributed by atoms with Crippen molar-refractivity contribution in [1.82, 2.24) is 0 Å². The maximum Gasteiger partial charge on any atom is 0.306 e. The number of hydrogen-bond donors (Lipinski definition) is 2. The van der Waals surface area contributed by atoms with E-state index in [1.54, 1.807) is 0 Å². The van der Waals surface area contributed by atoms with Crippen LogP contribution in [0.4, 0.5) is 0 Å². The van der Waals surface area contributed by atoms with E-state index in [-0.39, 0.29) is 24.5 Å². The fourth-order valence-electron chi connectivity index (χ4n) is 4.82. The molecular weight excluding hydrogens is 386 g/mol. The Bertz CT molecular complexity index is 706. The van der Waals surface area contributed by atoms with Crippen molar-refractivity contribution in [3.63, 3.8) is 0 Å². The molecule has 4 rings (SSSR count). The van der Waals surface area contributed by atoms with Crippen LogP contribution in [0.5, 0.6) is 0 Å². The fraction of sp³-hybridized carbons (Fsp3) is 0.696. The molecule has 1 saturated carbocycles. The van der Waals surface area contributed by atoms with Gasteiger partial charge in [-0.05, 0) is 56.4 Å². The standard InChI is InChI=1S/C23H33NO6/c24-18(13-15-1-5-17(6-2-15)21(25)26)7-3-16-4-8-19(22-27-9-10-28-22)20(14-16)23-29-11-12-30-23/h4,8,14-15,17-18,22-23H,1-3,5-7,9-13,24H2,(H,25,26). The van der Waals surface area contributed by atoms with Crippen LogP contribution in [0.1, 0.15) is 67.8 Å². The van der Waals surface area contributed by atoms with Gasteiger partial charge in [0.15, 0.2) is 12.6 Å². The van der Waals surface area contributed by atoms with Crippen LogP contribution in [0.15, 0.2) is 18.2 Å². The monoisotopic (exact) mass is 419 g/mol. The zero-order valence-electron chi connectivity index (χ0n) is 17.5. The van der Waals surface area contributed by atoms with E-state index < -0.39 is 5.97 Å². The molecule has 2 heterocycles. The van der Waals surface area contributed by atoms with Gasteiger partial charge in [0.05, 0.1) is 32.3 Å². The molecule has 166 valence electrons. The average molecular weight is 420 g/mol. The summed E-state index contributed by atoms with van der Waals surface area (Å²) in [5.41, 5.74) is 9.59.